The molecule has 0 radical (unpaired) electrons. The molecule has 0 saturated carbocycles. The first-order valence-electron chi connectivity index (χ1n) is 7.52. The van der Waals surface area contributed by atoms with Gasteiger partial charge in [-0.05, 0) is 19.1 Å². The molecule has 0 saturated heterocycles. The number of fused-ring (bicyclic) bond motifs is 1. The summed E-state index contributed by atoms with van der Waals surface area (Å²) < 4.78 is 2.94. The largest absolute Gasteiger partial charge is 0.493 e. The van der Waals surface area contributed by atoms with Crippen molar-refractivity contribution in [2.45, 2.75) is 20.0 Å². The number of nitrogens with zero attached hydrogens (tertiary/aromatic N) is 4. The van der Waals surface area contributed by atoms with Crippen molar-refractivity contribution in [2.75, 3.05) is 0 Å². The maximum absolute atomic E-state index is 12.0. The van der Waals surface area contributed by atoms with Crippen LogP contribution in [0.3, 0.4) is 0 Å². The van der Waals surface area contributed by atoms with Gasteiger partial charge in [0.05, 0.1) is 5.52 Å². The molecule has 0 atom stereocenters. The number of carbonyl (C=O) groups excluding carboxylic acids is 1. The van der Waals surface area contributed by atoms with E-state index in [9.17, 15) is 14.7 Å². The smallest absolute Gasteiger partial charge is 0.284 e. The molecular formula is C17H16N4O3. The first kappa shape index (κ1) is 15.7. The minimum absolute atomic E-state index is 0.0351. The summed E-state index contributed by atoms with van der Waals surface area (Å²) in [6, 6.07) is 12.0. The van der Waals surface area contributed by atoms with Gasteiger partial charge in [-0.15, -0.1) is 10.2 Å². The first-order chi connectivity index (χ1) is 11.6. The van der Waals surface area contributed by atoms with E-state index in [0.717, 1.165) is 5.52 Å². The summed E-state index contributed by atoms with van der Waals surface area (Å²) in [5.74, 6) is -0.608. The second-order valence-corrected chi connectivity index (χ2v) is 5.19. The van der Waals surface area contributed by atoms with E-state index in [0.29, 0.717) is 11.9 Å². The number of hydrogen-bond acceptors (Lipinski definition) is 4. The molecule has 7 nitrogen and oxygen atoms in total. The summed E-state index contributed by atoms with van der Waals surface area (Å²) in [7, 11) is 0. The molecule has 24 heavy (non-hydrogen) atoms. The van der Waals surface area contributed by atoms with E-state index < -0.39 is 5.91 Å². The first-order valence-corrected chi connectivity index (χ1v) is 7.52. The molecule has 3 aromatic rings. The Hall–Kier alpha value is -3.22. The lowest BCUT2D eigenvalue weighted by Crippen LogP contribution is -2.21. The Morgan fingerprint density at radius 2 is 1.92 bits per heavy atom. The molecule has 3 rings (SSSR count). The summed E-state index contributed by atoms with van der Waals surface area (Å²) in [4.78, 5) is 23.5. The average molecular weight is 324 g/mol. The molecule has 0 unspecified atom stereocenters. The highest BCUT2D eigenvalue weighted by molar-refractivity contribution is 5.95. The Balaban J connectivity index is 1.91. The minimum Gasteiger partial charge on any atom is -0.493 e. The van der Waals surface area contributed by atoms with Gasteiger partial charge in [0.25, 0.3) is 11.5 Å². The van der Waals surface area contributed by atoms with Crippen LogP contribution in [0.2, 0.25) is 0 Å². The van der Waals surface area contributed by atoms with Crippen molar-refractivity contribution in [1.29, 1.82) is 0 Å². The van der Waals surface area contributed by atoms with Crippen LogP contribution in [0.15, 0.2) is 63.7 Å². The topological polar surface area (TPSA) is 88.9 Å². The zero-order valence-electron chi connectivity index (χ0n) is 13.1. The molecule has 0 spiro atoms. The summed E-state index contributed by atoms with van der Waals surface area (Å²) in [6.45, 7) is 2.27. The van der Waals surface area contributed by atoms with Crippen LogP contribution in [-0.4, -0.2) is 20.1 Å². The average Bonchev–Trinajstić information content (AvgIpc) is 2.86. The third-order valence-electron chi connectivity index (χ3n) is 3.70. The SMILES string of the molecule is CCn1c(O)c(N=NC(=O)Cn2ccccc2=O)c2ccccc21. The van der Waals surface area contributed by atoms with E-state index in [2.05, 4.69) is 10.2 Å². The van der Waals surface area contributed by atoms with Crippen molar-refractivity contribution in [1.82, 2.24) is 9.13 Å². The van der Waals surface area contributed by atoms with Crippen molar-refractivity contribution in [3.8, 4) is 5.88 Å². The third-order valence-corrected chi connectivity index (χ3v) is 3.70. The Morgan fingerprint density at radius 3 is 2.67 bits per heavy atom. The van der Waals surface area contributed by atoms with E-state index in [1.165, 1.54) is 16.8 Å². The summed E-state index contributed by atoms with van der Waals surface area (Å²) >= 11 is 0. The van der Waals surface area contributed by atoms with Crippen LogP contribution in [0.4, 0.5) is 5.69 Å². The van der Waals surface area contributed by atoms with E-state index in [1.807, 2.05) is 31.2 Å². The number of rotatable bonds is 4. The second-order valence-electron chi connectivity index (χ2n) is 5.19. The molecule has 1 aromatic carbocycles. The van der Waals surface area contributed by atoms with E-state index in [-0.39, 0.29) is 23.7 Å². The van der Waals surface area contributed by atoms with Crippen molar-refractivity contribution in [3.63, 3.8) is 0 Å². The lowest BCUT2D eigenvalue weighted by Gasteiger charge is -2.01. The molecule has 2 heterocycles. The van der Waals surface area contributed by atoms with Gasteiger partial charge in [-0.25, -0.2) is 0 Å². The van der Waals surface area contributed by atoms with Crippen molar-refractivity contribution >= 4 is 22.5 Å². The molecule has 0 aliphatic carbocycles. The molecule has 0 fully saturated rings. The van der Waals surface area contributed by atoms with Gasteiger partial charge < -0.3 is 14.2 Å². The number of aromatic hydroxyl groups is 1. The fourth-order valence-electron chi connectivity index (χ4n) is 2.56. The zero-order valence-corrected chi connectivity index (χ0v) is 13.1. The Kier molecular flexibility index (Phi) is 4.24. The van der Waals surface area contributed by atoms with Crippen LogP contribution in [-0.2, 0) is 17.9 Å². The monoisotopic (exact) mass is 324 g/mol. The molecule has 0 bridgehead atoms. The number of carbonyl (C=O) groups is 1. The van der Waals surface area contributed by atoms with Crippen LogP contribution < -0.4 is 5.56 Å². The number of pyridine rings is 1. The molecular weight excluding hydrogens is 308 g/mol. The van der Waals surface area contributed by atoms with E-state index in [1.54, 1.807) is 16.7 Å². The number of hydrogen-bond donors (Lipinski definition) is 1. The van der Waals surface area contributed by atoms with Crippen LogP contribution >= 0.6 is 0 Å². The number of amides is 1. The summed E-state index contributed by atoms with van der Waals surface area (Å²) in [5.41, 5.74) is 0.783. The van der Waals surface area contributed by atoms with Gasteiger partial charge in [-0.1, -0.05) is 24.3 Å². The predicted octanol–water partition coefficient (Wildman–Crippen LogP) is 2.84. The van der Waals surface area contributed by atoms with Gasteiger partial charge in [0.15, 0.2) is 5.69 Å². The van der Waals surface area contributed by atoms with Gasteiger partial charge in [-0.2, -0.15) is 0 Å². The van der Waals surface area contributed by atoms with Crippen molar-refractivity contribution < 1.29 is 9.90 Å². The molecule has 0 aliphatic heterocycles. The normalized spacial score (nSPS) is 11.4. The Bertz CT molecular complexity index is 985. The second kappa shape index (κ2) is 6.49. The number of aryl methyl sites for hydroxylation is 1. The van der Waals surface area contributed by atoms with Crippen LogP contribution in [0.1, 0.15) is 6.92 Å². The van der Waals surface area contributed by atoms with Crippen molar-refractivity contribution in [3.05, 3.63) is 59.0 Å². The van der Waals surface area contributed by atoms with E-state index in [4.69, 9.17) is 0 Å². The predicted molar refractivity (Wildman–Crippen MR) is 89.5 cm³/mol. The summed E-state index contributed by atoms with van der Waals surface area (Å²) in [5, 5.41) is 18.6. The zero-order chi connectivity index (χ0) is 17.1. The molecule has 2 aromatic heterocycles. The fraction of sp³-hybridized carbons (Fsp3) is 0.176. The molecule has 122 valence electrons. The number of benzene rings is 1. The van der Waals surface area contributed by atoms with Gasteiger partial charge >= 0.3 is 0 Å². The Morgan fingerprint density at radius 1 is 1.17 bits per heavy atom. The van der Waals surface area contributed by atoms with Gasteiger partial charge in [0.1, 0.15) is 6.54 Å². The van der Waals surface area contributed by atoms with Crippen LogP contribution in [0, 0.1) is 0 Å². The fourth-order valence-corrected chi connectivity index (χ4v) is 2.56. The quantitative estimate of drug-likeness (QED) is 0.748. The summed E-state index contributed by atoms with van der Waals surface area (Å²) in [6.07, 6.45) is 1.51. The van der Waals surface area contributed by atoms with Crippen LogP contribution in [0.25, 0.3) is 10.9 Å². The lowest BCUT2D eigenvalue weighted by molar-refractivity contribution is -0.118. The number of para-hydroxylation sites is 1. The molecule has 1 amide bonds. The van der Waals surface area contributed by atoms with E-state index >= 15 is 0 Å². The highest BCUT2D eigenvalue weighted by Gasteiger charge is 2.15. The maximum Gasteiger partial charge on any atom is 0.284 e. The number of aromatic nitrogens is 2. The minimum atomic E-state index is -0.573. The highest BCUT2D eigenvalue weighted by Crippen LogP contribution is 2.38. The number of azo groups is 1. The molecule has 7 heteroatoms. The Labute approximate surface area is 137 Å². The lowest BCUT2D eigenvalue weighted by atomic mass is 10.2. The standard InChI is InChI=1S/C17H16N4O3/c1-2-21-13-8-4-3-7-12(13)16(17(21)24)19-18-14(22)11-20-10-6-5-9-15(20)23/h3-10,24H,2,11H2,1H3. The van der Waals surface area contributed by atoms with Crippen LogP contribution in [0.5, 0.6) is 5.88 Å². The van der Waals surface area contributed by atoms with Gasteiger partial charge in [-0.3, -0.25) is 9.59 Å². The third kappa shape index (κ3) is 2.83. The van der Waals surface area contributed by atoms with Gasteiger partial charge in [0.2, 0.25) is 5.88 Å². The van der Waals surface area contributed by atoms with Crippen molar-refractivity contribution in [2.24, 2.45) is 10.2 Å². The molecule has 1 N–H and O–H groups in total. The molecule has 0 aliphatic rings. The van der Waals surface area contributed by atoms with Gasteiger partial charge in [0, 0.05) is 24.2 Å². The maximum atomic E-state index is 12.0. The highest BCUT2D eigenvalue weighted by atomic mass is 16.3.